The average Bonchev–Trinajstić information content (AvgIpc) is 1.67. The number of pyridine rings is 1. The van der Waals surface area contributed by atoms with E-state index in [1.165, 1.54) is 6.07 Å². The van der Waals surface area contributed by atoms with E-state index in [1.807, 2.05) is 250 Å². The number of oxazole rings is 1. The molecule has 4 amide bonds. The van der Waals surface area contributed by atoms with Gasteiger partial charge in [-0.15, -0.1) is 0 Å². The molecule has 0 radical (unpaired) electrons. The Morgan fingerprint density at radius 2 is 0.727 bits per heavy atom. The zero-order valence-corrected chi connectivity index (χ0v) is 78.5. The number of anilines is 8. The maximum atomic E-state index is 13.8. The number of aromatic amines is 5. The molecule has 13 N–H and O–H groups in total. The van der Waals surface area contributed by atoms with E-state index in [0.29, 0.717) is 81.7 Å². The molecule has 39 nitrogen and oxygen atoms in total. The molecule has 0 aliphatic heterocycles. The van der Waals surface area contributed by atoms with E-state index in [0.717, 1.165) is 162 Å². The van der Waals surface area contributed by atoms with Crippen molar-refractivity contribution in [1.82, 2.24) is 149 Å². The van der Waals surface area contributed by atoms with Gasteiger partial charge in [0, 0.05) is 169 Å². The number of imidazole rings is 6. The lowest BCUT2D eigenvalue weighted by Crippen LogP contribution is -2.24. The van der Waals surface area contributed by atoms with Gasteiger partial charge in [0.15, 0.2) is 5.58 Å². The first-order valence-electron chi connectivity index (χ1n) is 45.2. The summed E-state index contributed by atoms with van der Waals surface area (Å²) in [6.45, 7) is 8.82. The van der Waals surface area contributed by atoms with Crippen molar-refractivity contribution in [2.75, 3.05) is 21.3 Å². The maximum absolute atomic E-state index is 13.8. The molecule has 23 rings (SSSR count). The van der Waals surface area contributed by atoms with Gasteiger partial charge in [-0.25, -0.2) is 79.2 Å². The summed E-state index contributed by atoms with van der Waals surface area (Å²) >= 11 is 0. The molecule has 0 fully saturated rings. The van der Waals surface area contributed by atoms with E-state index in [-0.39, 0.29) is 49.1 Å². The zero-order chi connectivity index (χ0) is 98.5. The number of carbonyl (C=O) groups is 4. The second-order valence-corrected chi connectivity index (χ2v) is 34.1. The van der Waals surface area contributed by atoms with Crippen molar-refractivity contribution in [3.63, 3.8) is 0 Å². The zero-order valence-electron chi connectivity index (χ0n) is 78.5. The highest BCUT2D eigenvalue weighted by atomic mass is 19.1. The van der Waals surface area contributed by atoms with Gasteiger partial charge in [-0.2, -0.15) is 0 Å². The van der Waals surface area contributed by atoms with Gasteiger partial charge in [-0.3, -0.25) is 24.2 Å². The van der Waals surface area contributed by atoms with Crippen molar-refractivity contribution in [2.24, 2.45) is 35.2 Å². The van der Waals surface area contributed by atoms with Gasteiger partial charge in [0.2, 0.25) is 29.7 Å². The van der Waals surface area contributed by atoms with Crippen molar-refractivity contribution in [2.45, 2.75) is 53.9 Å². The third-order valence-corrected chi connectivity index (χ3v) is 23.4. The first kappa shape index (κ1) is 91.2. The lowest BCUT2D eigenvalue weighted by atomic mass is 10.1. The third-order valence-electron chi connectivity index (χ3n) is 23.4. The van der Waals surface area contributed by atoms with Crippen LogP contribution in [0.3, 0.4) is 0 Å². The number of hydrogen-bond donors (Lipinski definition) is 13. The molecule has 0 aliphatic rings. The molecule has 0 aliphatic carbocycles. The molecule has 0 atom stereocenters. The highest BCUT2D eigenvalue weighted by Crippen LogP contribution is 2.34. The van der Waals surface area contributed by atoms with E-state index >= 15 is 0 Å². The van der Waals surface area contributed by atoms with Gasteiger partial charge in [-0.1, -0.05) is 42.5 Å². The van der Waals surface area contributed by atoms with Crippen LogP contribution < -0.4 is 42.5 Å². The van der Waals surface area contributed by atoms with Gasteiger partial charge in [0.05, 0.1) is 96.0 Å². The van der Waals surface area contributed by atoms with Gasteiger partial charge in [-0.05, 0) is 183 Å². The van der Waals surface area contributed by atoms with Crippen LogP contribution in [0.4, 0.5) is 50.9 Å². The molecular weight excluding hydrogens is 1810 g/mol. The third kappa shape index (κ3) is 20.8. The fraction of sp³-hybridized carbons (Fsp3) is 0.126. The predicted octanol–water partition coefficient (Wildman–Crippen LogP) is 16.8. The quantitative estimate of drug-likeness (QED) is 0.0267. The predicted molar refractivity (Wildman–Crippen MR) is 542 cm³/mol. The molecule has 40 heteroatoms. The first-order chi connectivity index (χ1) is 69.4. The van der Waals surface area contributed by atoms with Crippen LogP contribution in [0.15, 0.2) is 268 Å². The number of benzene rings is 7. The Kier molecular flexibility index (Phi) is 25.3. The van der Waals surface area contributed by atoms with Crippen LogP contribution in [0.2, 0.25) is 0 Å². The van der Waals surface area contributed by atoms with Crippen LogP contribution in [0.1, 0.15) is 87.3 Å². The van der Waals surface area contributed by atoms with E-state index in [4.69, 9.17) is 4.42 Å². The molecule has 0 spiro atoms. The van der Waals surface area contributed by atoms with Crippen molar-refractivity contribution >= 4 is 147 Å². The van der Waals surface area contributed by atoms with E-state index in [2.05, 4.69) is 147 Å². The van der Waals surface area contributed by atoms with Gasteiger partial charge >= 0.3 is 0 Å². The summed E-state index contributed by atoms with van der Waals surface area (Å²) in [5.41, 5.74) is 24.0. The lowest BCUT2D eigenvalue weighted by molar-refractivity contribution is 0.0936. The summed E-state index contributed by atoms with van der Waals surface area (Å²) in [7, 11) is 9.60. The molecule has 0 bridgehead atoms. The normalized spacial score (nSPS) is 11.2. The summed E-state index contributed by atoms with van der Waals surface area (Å²) < 4.78 is 29.0. The number of amides is 4. The number of fused-ring (bicyclic) bond motifs is 7. The minimum absolute atomic E-state index is 0.108. The summed E-state index contributed by atoms with van der Waals surface area (Å²) in [6, 6.07) is 53.9. The number of nitrogens with zero attached hydrogens (tertiary/aromatic N) is 21. The summed E-state index contributed by atoms with van der Waals surface area (Å²) in [6.07, 6.45) is 24.7. The Morgan fingerprint density at radius 1 is 0.350 bits per heavy atom. The monoisotopic (exact) mass is 1900 g/mol. The Labute approximate surface area is 812 Å². The van der Waals surface area contributed by atoms with Crippen molar-refractivity contribution in [3.8, 4) is 45.6 Å². The number of para-hydroxylation sites is 4. The van der Waals surface area contributed by atoms with Gasteiger partial charge in [0.1, 0.15) is 68.5 Å². The molecule has 16 aromatic heterocycles. The Balaban J connectivity index is 0.000000117. The minimum atomic E-state index is -0.347. The fourth-order valence-corrected chi connectivity index (χ4v) is 16.4. The number of rotatable bonds is 24. The largest absolute Gasteiger partial charge is 0.439 e. The Hall–Kier alpha value is -19.6. The molecular formula is C103H91FN34O5. The highest BCUT2D eigenvalue weighted by molar-refractivity contribution is 6.03. The van der Waals surface area contributed by atoms with Gasteiger partial charge < -0.3 is 94.7 Å². The van der Waals surface area contributed by atoms with Crippen molar-refractivity contribution < 1.29 is 28.0 Å². The number of carbonyl (C=O) groups excluding carboxylic acids is 4. The standard InChI is InChI=1S/C27H25N9O.C26H22N8O2.C25H22FN7O.C25H22N10O/c1-16-10-18(31-27-28-9-8-19(34-27)22-14-35(2)15-30-22)11-17-12-21(33-25(16)17)26(37)29-13-24-32-20-6-4-5-7-23(20)36(24)3;1-15-9-17(30-26-27-8-7-18(33-26)21-13-34(2)14-29-21)10-16-11-20(32-24(15)16)25(35)28-12-23-31-19-5-3-4-6-22(19)36-23;1-15-9-18(30-25-27-8-7-20(32-25)22-13-33(2)14-29-22)10-17-11-21(31-23(15)17)24(34)28-12-16-5-3-4-6-19(16)26;1-14-7-16(30-25-27-6-4-18(34-25)21-12-35(2)13-29-21)8-15-9-19(33-23(14)15)24(36)28-11-22-31-17-3-5-26-10-20(17)32-22/h4-12,14-15,33H,13H2,1-3H3,(H,29,37)(H,28,31,34);3-11,13-14,32H,12H2,1-2H3,(H,28,35)(H,27,30,33);3-11,13-14,31H,12H2,1-2H3,(H,28,34)(H,27,30,32);3-10,12-13,33H,11H2,1-2H3,(H,28,36)(H,31,32)(H,27,30,34). The maximum Gasteiger partial charge on any atom is 0.268 e. The number of aromatic nitrogens is 26. The second-order valence-electron chi connectivity index (χ2n) is 34.1. The van der Waals surface area contributed by atoms with Crippen molar-refractivity contribution in [3.05, 3.63) is 337 Å². The first-order valence-corrected chi connectivity index (χ1v) is 45.2. The van der Waals surface area contributed by atoms with E-state index < -0.39 is 0 Å². The number of nitrogens with one attached hydrogen (secondary N) is 13. The second kappa shape index (κ2) is 39.6. The molecule has 0 saturated carbocycles. The average molecular weight is 1900 g/mol. The van der Waals surface area contributed by atoms with Crippen LogP contribution in [0.5, 0.6) is 0 Å². The fourth-order valence-electron chi connectivity index (χ4n) is 16.4. The Morgan fingerprint density at radius 3 is 1.12 bits per heavy atom. The number of hydrogen-bond acceptors (Lipinski definition) is 25. The molecule has 710 valence electrons. The smallest absolute Gasteiger partial charge is 0.268 e. The van der Waals surface area contributed by atoms with Gasteiger partial charge in [0.25, 0.3) is 23.6 Å². The Bertz CT molecular complexity index is 8420. The molecule has 0 unspecified atom stereocenters. The topological polar surface area (TPSA) is 487 Å². The van der Waals surface area contributed by atoms with E-state index in [1.54, 1.807) is 92.8 Å². The van der Waals surface area contributed by atoms with Crippen LogP contribution >= 0.6 is 0 Å². The van der Waals surface area contributed by atoms with Crippen LogP contribution in [0, 0.1) is 33.5 Å². The molecule has 23 aromatic rings. The lowest BCUT2D eigenvalue weighted by Gasteiger charge is -2.07. The van der Waals surface area contributed by atoms with Crippen LogP contribution in [-0.4, -0.2) is 151 Å². The molecule has 7 aromatic carbocycles. The minimum Gasteiger partial charge on any atom is -0.439 e. The summed E-state index contributed by atoms with van der Waals surface area (Å²) in [5, 5.41) is 28.1. The highest BCUT2D eigenvalue weighted by Gasteiger charge is 2.22. The van der Waals surface area contributed by atoms with Crippen molar-refractivity contribution in [1.29, 1.82) is 0 Å². The SMILES string of the molecule is Cc1cc(Nc2nccc(-c3cn(C)cn3)n2)cc2cc(C(=O)NCc3ccccc3F)[nH]c12.Cc1cc(Nc2nccc(-c3cn(C)cn3)n2)cc2cc(C(=O)NCc3nc4ccccc4n3C)[nH]c12.Cc1cc(Nc2nccc(-c3cn(C)cn3)n2)cc2cc(C(=O)NCc3nc4ccccc4o3)[nH]c12.Cc1cc(Nc2nccc(-c3cn(C)cn3)n2)cc2cc(C(=O)NCc3nc4ccncc4[nH]3)[nH]c12. The summed E-state index contributed by atoms with van der Waals surface area (Å²) in [4.78, 5) is 138. The number of aryl methyl sites for hydroxylation is 9. The summed E-state index contributed by atoms with van der Waals surface area (Å²) in [5.74, 6) is 2.45. The van der Waals surface area contributed by atoms with Crippen LogP contribution in [0.25, 0.3) is 122 Å². The number of H-pyrrole nitrogens is 5. The molecule has 143 heavy (non-hydrogen) atoms. The van der Waals surface area contributed by atoms with Crippen LogP contribution in [-0.2, 0) is 61.4 Å². The van der Waals surface area contributed by atoms with E-state index in [9.17, 15) is 23.6 Å². The number of halogens is 1. The molecule has 0 saturated heterocycles. The molecule has 16 heterocycles.